The van der Waals surface area contributed by atoms with Crippen molar-refractivity contribution in [1.29, 1.82) is 0 Å². The molecule has 0 spiro atoms. The molecule has 5 aliphatic heterocycles. The number of nitrogens with zero attached hydrogens (tertiary/aromatic N) is 18. The van der Waals surface area contributed by atoms with Crippen molar-refractivity contribution in [3.05, 3.63) is 388 Å². The first kappa shape index (κ1) is 88.6. The van der Waals surface area contributed by atoms with Crippen molar-refractivity contribution in [2.75, 3.05) is 47.9 Å². The van der Waals surface area contributed by atoms with Crippen LogP contribution in [-0.4, -0.2) is 136 Å². The number of Topliss-reactive ketones (excluding diaryl/α,β-unsaturated/α-hetero) is 1. The van der Waals surface area contributed by atoms with Gasteiger partial charge in [-0.2, -0.15) is 30.6 Å². The van der Waals surface area contributed by atoms with Gasteiger partial charge in [-0.3, -0.25) is 47.5 Å². The SMILES string of the molecule is C.CN1CCn2nc(COc3ccccc3)cc2C1=O.Cc1ccc(N2CCn3nc(COc4ccccc4)nc3C2=O)cc1.Cn1ccn2nc(COc3ccccc3)cc2c1=O.O=C1CCCn2nc(COc3ccccc3)cc21.O=C1c2cc(COc3ccccc3)nn2CCN1c1ccccc1.O=C1c2cc(COc3ccccc3)nn2CCN1c1ccccc1. The van der Waals surface area contributed by atoms with E-state index in [0.29, 0.717) is 125 Å². The molecule has 30 nitrogen and oxygen atoms in total. The molecule has 21 rings (SSSR count). The third-order valence-corrected chi connectivity index (χ3v) is 21.3. The molecule has 0 saturated heterocycles. The summed E-state index contributed by atoms with van der Waals surface area (Å²) in [4.78, 5) is 85.1. The lowest BCUT2D eigenvalue weighted by Gasteiger charge is -2.27. The van der Waals surface area contributed by atoms with Crippen LogP contribution in [0.1, 0.15) is 113 Å². The van der Waals surface area contributed by atoms with Crippen LogP contribution in [0.2, 0.25) is 0 Å². The van der Waals surface area contributed by atoms with Crippen molar-refractivity contribution in [1.82, 2.24) is 73.0 Å². The first-order valence-electron chi connectivity index (χ1n) is 42.4. The normalized spacial score (nSPS) is 13.3. The Labute approximate surface area is 750 Å². The van der Waals surface area contributed by atoms with Crippen LogP contribution < -0.4 is 48.7 Å². The van der Waals surface area contributed by atoms with E-state index in [2.05, 4.69) is 35.6 Å². The molecule has 0 atom stereocenters. The highest BCUT2D eigenvalue weighted by atomic mass is 16.5. The first-order valence-corrected chi connectivity index (χ1v) is 42.4. The van der Waals surface area contributed by atoms with E-state index < -0.39 is 0 Å². The Kier molecular flexibility index (Phi) is 29.0. The summed E-state index contributed by atoms with van der Waals surface area (Å²) in [5, 5.41) is 26.5. The molecular weight excluding hydrogens is 1650 g/mol. The van der Waals surface area contributed by atoms with Crippen LogP contribution in [0.5, 0.6) is 34.5 Å². The molecule has 0 N–H and O–H groups in total. The quantitative estimate of drug-likeness (QED) is 0.0645. The Morgan fingerprint density at radius 2 is 0.638 bits per heavy atom. The van der Waals surface area contributed by atoms with Crippen LogP contribution >= 0.6 is 0 Å². The van der Waals surface area contributed by atoms with Crippen LogP contribution in [0.4, 0.5) is 17.1 Å². The molecule has 130 heavy (non-hydrogen) atoms. The molecule has 16 aromatic rings. The number of aryl methyl sites for hydroxylation is 3. The number of ether oxygens (including phenoxy) is 6. The monoisotopic (exact) mass is 1740 g/mol. The van der Waals surface area contributed by atoms with Crippen molar-refractivity contribution in [3.8, 4) is 34.5 Å². The minimum Gasteiger partial charge on any atom is -0.487 e. The van der Waals surface area contributed by atoms with E-state index in [0.717, 1.165) is 105 Å². The molecule has 7 aromatic heterocycles. The number of aromatic nitrogens is 14. The second-order valence-electron chi connectivity index (χ2n) is 30.5. The van der Waals surface area contributed by atoms with Gasteiger partial charge in [0.05, 0.1) is 26.2 Å². The van der Waals surface area contributed by atoms with Crippen molar-refractivity contribution < 1.29 is 52.4 Å². The summed E-state index contributed by atoms with van der Waals surface area (Å²) in [5.74, 6) is 5.63. The van der Waals surface area contributed by atoms with Crippen molar-refractivity contribution in [2.45, 2.75) is 99.6 Å². The highest BCUT2D eigenvalue weighted by Gasteiger charge is 2.32. The van der Waals surface area contributed by atoms with Crippen LogP contribution in [-0.2, 0) is 79.4 Å². The predicted octanol–water partition coefficient (Wildman–Crippen LogP) is 15.3. The van der Waals surface area contributed by atoms with Crippen LogP contribution in [0.3, 0.4) is 0 Å². The van der Waals surface area contributed by atoms with Gasteiger partial charge in [-0.25, -0.2) is 14.2 Å². The van der Waals surface area contributed by atoms with Crippen LogP contribution in [0, 0.1) is 6.92 Å². The van der Waals surface area contributed by atoms with Gasteiger partial charge in [-0.1, -0.05) is 171 Å². The lowest BCUT2D eigenvalue weighted by Crippen LogP contribution is -2.40. The largest absolute Gasteiger partial charge is 0.487 e. The Morgan fingerprint density at radius 3 is 1.04 bits per heavy atom. The van der Waals surface area contributed by atoms with E-state index in [1.165, 1.54) is 4.57 Å². The van der Waals surface area contributed by atoms with E-state index >= 15 is 0 Å². The minimum absolute atomic E-state index is 0. The fourth-order valence-corrected chi connectivity index (χ4v) is 14.6. The zero-order valence-corrected chi connectivity index (χ0v) is 71.4. The van der Waals surface area contributed by atoms with Gasteiger partial charge in [-0.15, -0.1) is 0 Å². The number of amides is 4. The summed E-state index contributed by atoms with van der Waals surface area (Å²) in [6.45, 7) is 10.2. The molecule has 0 saturated carbocycles. The molecule has 4 amide bonds. The molecule has 30 heteroatoms. The summed E-state index contributed by atoms with van der Waals surface area (Å²) < 4.78 is 45.8. The third-order valence-electron chi connectivity index (χ3n) is 21.3. The average molecular weight is 1740 g/mol. The maximum Gasteiger partial charge on any atom is 0.295 e. The summed E-state index contributed by atoms with van der Waals surface area (Å²) in [6, 6.07) is 93.8. The molecule has 0 radical (unpaired) electrons. The van der Waals surface area contributed by atoms with Gasteiger partial charge < -0.3 is 52.6 Å². The number of anilines is 3. The number of ketones is 1. The minimum atomic E-state index is -0.131. The van der Waals surface area contributed by atoms with Gasteiger partial charge in [0.2, 0.25) is 5.82 Å². The van der Waals surface area contributed by atoms with Crippen molar-refractivity contribution >= 4 is 52.0 Å². The summed E-state index contributed by atoms with van der Waals surface area (Å²) in [6.07, 6.45) is 4.95. The van der Waals surface area contributed by atoms with E-state index in [1.807, 2.05) is 292 Å². The maximum absolute atomic E-state index is 12.8. The summed E-state index contributed by atoms with van der Waals surface area (Å²) in [5.41, 5.74) is 10.8. The van der Waals surface area contributed by atoms with Crippen LogP contribution in [0.25, 0.3) is 5.52 Å². The van der Waals surface area contributed by atoms with Crippen LogP contribution in [0.15, 0.2) is 314 Å². The van der Waals surface area contributed by atoms with E-state index in [4.69, 9.17) is 28.4 Å². The Balaban J connectivity index is 0.000000120. The molecular formula is C100H98N18O12. The lowest BCUT2D eigenvalue weighted by atomic mass is 10.1. The van der Waals surface area contributed by atoms with Gasteiger partial charge in [-0.05, 0) is 153 Å². The number of hydrogen-bond acceptors (Lipinski definition) is 19. The lowest BCUT2D eigenvalue weighted by molar-refractivity contribution is 0.0741. The molecule has 0 aliphatic carbocycles. The number of hydrogen-bond donors (Lipinski definition) is 0. The zero-order valence-electron chi connectivity index (χ0n) is 71.4. The van der Waals surface area contributed by atoms with Gasteiger partial charge in [0, 0.05) is 82.7 Å². The maximum atomic E-state index is 12.8. The highest BCUT2D eigenvalue weighted by Crippen LogP contribution is 2.28. The molecule has 0 bridgehead atoms. The summed E-state index contributed by atoms with van der Waals surface area (Å²) in [7, 11) is 3.52. The topological polar surface area (TPSA) is 295 Å². The fraction of sp³-hybridized carbons (Fsp3) is 0.210. The molecule has 9 aromatic carbocycles. The summed E-state index contributed by atoms with van der Waals surface area (Å²) >= 11 is 0. The standard InChI is InChI=1S/C19H18N4O2.2C19H17N3O2.C14H15N3O2.C14H13N3O2.C14H14N2O2.CH4/c1-14-7-9-15(10-8-14)22-11-12-23-18(19(22)24)20-17(21-23)13-25-16-5-3-2-4-6-16;2*23-19-18-13-15(14-24-17-9-5-2-6-10-17)20-22(18)12-11-21(19)16-7-3-1-4-8-16;2*1-16-7-8-17-13(14(16)18)9-11(15-17)10-19-12-5-3-2-4-6-12;17-14-7-4-8-16-13(14)9-11(15-16)10-18-12-5-2-1-3-6-12;/h2-10H,11-13H2,1H3;2*1-10,13H,11-12,14H2;2-6,9H,7-8,10H2,1H3;2-9H,10H2,1H3;1-3,5-6,9H,4,7-8,10H2;1H4. The number of para-hydroxylation sites is 8. The number of rotatable bonds is 21. The van der Waals surface area contributed by atoms with E-state index in [9.17, 15) is 28.8 Å². The highest BCUT2D eigenvalue weighted by molar-refractivity contribution is 6.07. The molecule has 0 unspecified atom stereocenters. The predicted molar refractivity (Wildman–Crippen MR) is 490 cm³/mol. The second kappa shape index (κ2) is 42.6. The number of benzene rings is 9. The third kappa shape index (κ3) is 22.5. The van der Waals surface area contributed by atoms with Gasteiger partial charge >= 0.3 is 0 Å². The number of fused-ring (bicyclic) bond motifs is 6. The van der Waals surface area contributed by atoms with Gasteiger partial charge in [0.1, 0.15) is 131 Å². The Hall–Kier alpha value is -16.3. The average Bonchev–Trinajstić information content (AvgIpc) is 1.60. The zero-order chi connectivity index (χ0) is 88.8. The number of likely N-dealkylation sites (N-methyl/N-ethyl adjacent to an activating group) is 1. The molecule has 0 fully saturated rings. The second-order valence-corrected chi connectivity index (χ2v) is 30.5. The van der Waals surface area contributed by atoms with Gasteiger partial charge in [0.25, 0.3) is 29.2 Å². The van der Waals surface area contributed by atoms with Crippen molar-refractivity contribution in [3.63, 3.8) is 0 Å². The molecule has 12 heterocycles. The smallest absolute Gasteiger partial charge is 0.295 e. The van der Waals surface area contributed by atoms with E-state index in [1.54, 1.807) is 86.1 Å². The Morgan fingerprint density at radius 1 is 0.308 bits per heavy atom. The Bertz CT molecular complexity index is 6360. The number of carbonyl (C=O) groups excluding carboxylic acids is 5. The van der Waals surface area contributed by atoms with Gasteiger partial charge in [0.15, 0.2) is 11.6 Å². The van der Waals surface area contributed by atoms with Crippen molar-refractivity contribution in [2.24, 2.45) is 7.05 Å². The van der Waals surface area contributed by atoms with E-state index in [-0.39, 0.29) is 49.0 Å². The fourth-order valence-electron chi connectivity index (χ4n) is 14.6. The molecule has 5 aliphatic rings. The molecule has 660 valence electrons. The number of carbonyl (C=O) groups is 5. The first-order chi connectivity index (χ1) is 63.1.